The fourth-order valence-corrected chi connectivity index (χ4v) is 3.27. The number of nitrogens with zero attached hydrogens (tertiary/aromatic N) is 3. The predicted molar refractivity (Wildman–Crippen MR) is 83.6 cm³/mol. The molecule has 1 spiro atoms. The van der Waals surface area contributed by atoms with Crippen LogP contribution < -0.4 is 0 Å². The van der Waals surface area contributed by atoms with E-state index in [1.165, 1.54) is 0 Å². The Kier molecular flexibility index (Phi) is 3.88. The molecule has 0 amide bonds. The van der Waals surface area contributed by atoms with E-state index in [0.717, 1.165) is 37.1 Å². The van der Waals surface area contributed by atoms with Crippen LogP contribution in [0.25, 0.3) is 11.5 Å². The van der Waals surface area contributed by atoms with Crippen LogP contribution in [0.15, 0.2) is 28.7 Å². The molecular formula is C17H21N3O3. The van der Waals surface area contributed by atoms with Crippen molar-refractivity contribution < 1.29 is 13.9 Å². The highest BCUT2D eigenvalue weighted by molar-refractivity contribution is 5.57. The zero-order valence-electron chi connectivity index (χ0n) is 13.3. The minimum Gasteiger partial charge on any atom is -0.419 e. The first kappa shape index (κ1) is 14.8. The summed E-state index contributed by atoms with van der Waals surface area (Å²) in [6.45, 7) is 5.98. The van der Waals surface area contributed by atoms with Crippen molar-refractivity contribution in [2.45, 2.75) is 32.1 Å². The molecule has 0 unspecified atom stereocenters. The molecule has 23 heavy (non-hydrogen) atoms. The van der Waals surface area contributed by atoms with Gasteiger partial charge in [0.05, 0.1) is 19.8 Å². The summed E-state index contributed by atoms with van der Waals surface area (Å²) in [6.07, 6.45) is 1.79. The summed E-state index contributed by atoms with van der Waals surface area (Å²) in [4.78, 5) is 2.31. The van der Waals surface area contributed by atoms with E-state index in [1.54, 1.807) is 0 Å². The van der Waals surface area contributed by atoms with Crippen LogP contribution in [0.3, 0.4) is 0 Å². The van der Waals surface area contributed by atoms with Gasteiger partial charge in [0.2, 0.25) is 11.8 Å². The lowest BCUT2D eigenvalue weighted by Crippen LogP contribution is -2.44. The lowest BCUT2D eigenvalue weighted by molar-refractivity contribution is -0.186. The molecule has 0 aliphatic carbocycles. The SMILES string of the molecule is Cc1ccccc1-c1nnc(CN2CCC3(CC2)OCCO3)o1. The predicted octanol–water partition coefficient (Wildman–Crippen LogP) is 2.38. The minimum absolute atomic E-state index is 0.336. The molecule has 2 aliphatic rings. The van der Waals surface area contributed by atoms with Gasteiger partial charge in [0.25, 0.3) is 0 Å². The molecule has 0 N–H and O–H groups in total. The molecule has 122 valence electrons. The lowest BCUT2D eigenvalue weighted by atomic mass is 10.0. The van der Waals surface area contributed by atoms with Crippen molar-refractivity contribution in [1.82, 2.24) is 15.1 Å². The molecule has 1 aromatic heterocycles. The van der Waals surface area contributed by atoms with Crippen molar-refractivity contribution in [2.24, 2.45) is 0 Å². The lowest BCUT2D eigenvalue weighted by Gasteiger charge is -2.36. The Bertz CT molecular complexity index is 669. The molecule has 2 saturated heterocycles. The van der Waals surface area contributed by atoms with E-state index in [1.807, 2.05) is 31.2 Å². The summed E-state index contributed by atoms with van der Waals surface area (Å²) in [5.41, 5.74) is 2.13. The number of benzene rings is 1. The molecule has 0 atom stereocenters. The number of aromatic nitrogens is 2. The Morgan fingerprint density at radius 3 is 2.57 bits per heavy atom. The summed E-state index contributed by atoms with van der Waals surface area (Å²) < 4.78 is 17.4. The number of hydrogen-bond donors (Lipinski definition) is 0. The zero-order chi connectivity index (χ0) is 15.7. The summed E-state index contributed by atoms with van der Waals surface area (Å²) in [5.74, 6) is 0.916. The van der Waals surface area contributed by atoms with E-state index in [2.05, 4.69) is 15.1 Å². The highest BCUT2D eigenvalue weighted by Gasteiger charge is 2.39. The van der Waals surface area contributed by atoms with Crippen LogP contribution in [0, 0.1) is 6.92 Å². The third-order valence-electron chi connectivity index (χ3n) is 4.63. The smallest absolute Gasteiger partial charge is 0.248 e. The molecule has 2 fully saturated rings. The van der Waals surface area contributed by atoms with E-state index in [9.17, 15) is 0 Å². The van der Waals surface area contributed by atoms with Crippen LogP contribution in [0.4, 0.5) is 0 Å². The molecule has 6 heteroatoms. The van der Waals surface area contributed by atoms with Gasteiger partial charge in [-0.3, -0.25) is 4.90 Å². The third kappa shape index (κ3) is 3.02. The number of aryl methyl sites for hydroxylation is 1. The Morgan fingerprint density at radius 2 is 1.83 bits per heavy atom. The van der Waals surface area contributed by atoms with Crippen molar-refractivity contribution in [3.8, 4) is 11.5 Å². The maximum absolute atomic E-state index is 5.84. The van der Waals surface area contributed by atoms with Gasteiger partial charge in [0.15, 0.2) is 5.79 Å². The second-order valence-corrected chi connectivity index (χ2v) is 6.20. The monoisotopic (exact) mass is 315 g/mol. The molecule has 2 aromatic rings. The third-order valence-corrected chi connectivity index (χ3v) is 4.63. The maximum atomic E-state index is 5.84. The Hall–Kier alpha value is -1.76. The van der Waals surface area contributed by atoms with Gasteiger partial charge in [-0.2, -0.15) is 0 Å². The first-order chi connectivity index (χ1) is 11.2. The summed E-state index contributed by atoms with van der Waals surface area (Å²) in [5, 5.41) is 8.39. The van der Waals surface area contributed by atoms with Gasteiger partial charge < -0.3 is 13.9 Å². The van der Waals surface area contributed by atoms with Crippen LogP contribution >= 0.6 is 0 Å². The second kappa shape index (κ2) is 6.03. The number of likely N-dealkylation sites (tertiary alicyclic amines) is 1. The van der Waals surface area contributed by atoms with Crippen molar-refractivity contribution >= 4 is 0 Å². The van der Waals surface area contributed by atoms with Gasteiger partial charge >= 0.3 is 0 Å². The highest BCUT2D eigenvalue weighted by Crippen LogP contribution is 2.31. The zero-order valence-corrected chi connectivity index (χ0v) is 13.3. The normalized spacial score (nSPS) is 21.1. The number of rotatable bonds is 3. The number of hydrogen-bond acceptors (Lipinski definition) is 6. The van der Waals surface area contributed by atoms with Crippen LogP contribution in [0.2, 0.25) is 0 Å². The first-order valence-electron chi connectivity index (χ1n) is 8.13. The molecule has 4 rings (SSSR count). The van der Waals surface area contributed by atoms with Crippen molar-refractivity contribution in [2.75, 3.05) is 26.3 Å². The first-order valence-corrected chi connectivity index (χ1v) is 8.13. The molecule has 6 nitrogen and oxygen atoms in total. The van der Waals surface area contributed by atoms with E-state index in [-0.39, 0.29) is 5.79 Å². The summed E-state index contributed by atoms with van der Waals surface area (Å²) >= 11 is 0. The molecule has 0 saturated carbocycles. The molecule has 2 aliphatic heterocycles. The Labute approximate surface area is 135 Å². The van der Waals surface area contributed by atoms with Gasteiger partial charge in [0.1, 0.15) is 0 Å². The fourth-order valence-electron chi connectivity index (χ4n) is 3.27. The van der Waals surface area contributed by atoms with Crippen LogP contribution in [0.1, 0.15) is 24.3 Å². The molecule has 3 heterocycles. The van der Waals surface area contributed by atoms with Crippen LogP contribution in [-0.4, -0.2) is 47.2 Å². The second-order valence-electron chi connectivity index (χ2n) is 6.20. The van der Waals surface area contributed by atoms with E-state index < -0.39 is 0 Å². The van der Waals surface area contributed by atoms with E-state index in [0.29, 0.717) is 31.5 Å². The Balaban J connectivity index is 1.40. The van der Waals surface area contributed by atoms with Crippen molar-refractivity contribution in [3.05, 3.63) is 35.7 Å². The average molecular weight is 315 g/mol. The average Bonchev–Trinajstić information content (AvgIpc) is 3.20. The van der Waals surface area contributed by atoms with E-state index >= 15 is 0 Å². The quantitative estimate of drug-likeness (QED) is 0.867. The highest BCUT2D eigenvalue weighted by atomic mass is 16.7. The van der Waals surface area contributed by atoms with Crippen molar-refractivity contribution in [3.63, 3.8) is 0 Å². The molecular weight excluding hydrogens is 294 g/mol. The van der Waals surface area contributed by atoms with Gasteiger partial charge in [-0.1, -0.05) is 18.2 Å². The molecule has 0 radical (unpaired) electrons. The van der Waals surface area contributed by atoms with E-state index in [4.69, 9.17) is 13.9 Å². The fraction of sp³-hybridized carbons (Fsp3) is 0.529. The van der Waals surface area contributed by atoms with Crippen LogP contribution in [0.5, 0.6) is 0 Å². The van der Waals surface area contributed by atoms with Crippen molar-refractivity contribution in [1.29, 1.82) is 0 Å². The van der Waals surface area contributed by atoms with Gasteiger partial charge in [-0.05, 0) is 18.6 Å². The Morgan fingerprint density at radius 1 is 1.09 bits per heavy atom. The molecule has 0 bridgehead atoms. The van der Waals surface area contributed by atoms with Gasteiger partial charge in [0, 0.05) is 31.5 Å². The minimum atomic E-state index is -0.336. The largest absolute Gasteiger partial charge is 0.419 e. The summed E-state index contributed by atoms with van der Waals surface area (Å²) in [6, 6.07) is 8.04. The number of piperidine rings is 1. The standard InChI is InChI=1S/C17H21N3O3/c1-13-4-2-3-5-14(13)16-19-18-15(23-16)12-20-8-6-17(7-9-20)21-10-11-22-17/h2-5H,6-12H2,1H3. The summed E-state index contributed by atoms with van der Waals surface area (Å²) in [7, 11) is 0. The number of ether oxygens (including phenoxy) is 2. The maximum Gasteiger partial charge on any atom is 0.248 e. The van der Waals surface area contributed by atoms with Crippen LogP contribution in [-0.2, 0) is 16.0 Å². The topological polar surface area (TPSA) is 60.6 Å². The molecule has 1 aromatic carbocycles. The van der Waals surface area contributed by atoms with Gasteiger partial charge in [-0.15, -0.1) is 10.2 Å². The van der Waals surface area contributed by atoms with Gasteiger partial charge in [-0.25, -0.2) is 0 Å².